The van der Waals surface area contributed by atoms with E-state index in [2.05, 4.69) is 14.1 Å². The van der Waals surface area contributed by atoms with Crippen LogP contribution < -0.4 is 0 Å². The van der Waals surface area contributed by atoms with Gasteiger partial charge in [-0.2, -0.15) is 5.10 Å². The first-order valence-electron chi connectivity index (χ1n) is 7.81. The number of aliphatic imine (C=N–C) groups is 1. The fraction of sp³-hybridized carbons (Fsp3) is 0.533. The minimum atomic E-state index is -0.928. The van der Waals surface area contributed by atoms with Gasteiger partial charge < -0.3 is 5.11 Å². The van der Waals surface area contributed by atoms with Crippen molar-refractivity contribution in [2.75, 3.05) is 0 Å². The molecule has 0 radical (unpaired) electrons. The van der Waals surface area contributed by atoms with Crippen LogP contribution in [0.3, 0.4) is 0 Å². The molecular formula is C15H21N5OS. The Morgan fingerprint density at radius 3 is 2.82 bits per heavy atom. The summed E-state index contributed by atoms with van der Waals surface area (Å²) in [6, 6.07) is 0. The summed E-state index contributed by atoms with van der Waals surface area (Å²) in [4.78, 5) is 8.92. The van der Waals surface area contributed by atoms with Crippen molar-refractivity contribution in [2.24, 2.45) is 18.0 Å². The van der Waals surface area contributed by atoms with Gasteiger partial charge in [0.1, 0.15) is 16.8 Å². The van der Waals surface area contributed by atoms with Crippen LogP contribution in [0, 0.1) is 5.92 Å². The lowest BCUT2D eigenvalue weighted by atomic mass is 9.90. The third-order valence-electron chi connectivity index (χ3n) is 4.56. The molecule has 1 saturated carbocycles. The molecule has 1 N–H and O–H groups in total. The van der Waals surface area contributed by atoms with Gasteiger partial charge >= 0.3 is 0 Å². The van der Waals surface area contributed by atoms with Crippen molar-refractivity contribution < 1.29 is 5.11 Å². The van der Waals surface area contributed by atoms with Gasteiger partial charge in [0.2, 0.25) is 0 Å². The molecule has 1 aliphatic heterocycles. The maximum Gasteiger partial charge on any atom is 0.162 e. The van der Waals surface area contributed by atoms with Gasteiger partial charge in [-0.15, -0.1) is 0 Å². The van der Waals surface area contributed by atoms with E-state index in [1.165, 1.54) is 19.3 Å². The molecule has 0 amide bonds. The Morgan fingerprint density at radius 1 is 1.27 bits per heavy atom. The number of nitrogens with zero attached hydrogens (tertiary/aromatic N) is 5. The normalized spacial score (nSPS) is 25.0. The number of hydrogen-bond acceptors (Lipinski definition) is 4. The predicted octanol–water partition coefficient (Wildman–Crippen LogP) is 2.37. The molecule has 0 spiro atoms. The second-order valence-corrected chi connectivity index (χ2v) is 8.16. The number of aliphatic hydroxyl groups excluding tert-OH is 1. The van der Waals surface area contributed by atoms with Crippen LogP contribution in [0.15, 0.2) is 29.9 Å². The molecule has 3 heterocycles. The number of aliphatic hydroxyl groups is 1. The molecule has 4 rings (SSSR count). The number of imidazole rings is 1. The fourth-order valence-electron chi connectivity index (χ4n) is 3.41. The fourth-order valence-corrected chi connectivity index (χ4v) is 5.89. The topological polar surface area (TPSA) is 68.2 Å². The highest BCUT2D eigenvalue weighted by Gasteiger charge is 2.35. The van der Waals surface area contributed by atoms with E-state index < -0.39 is 11.1 Å². The number of fused-ring (bicyclic) bond motifs is 1. The quantitative estimate of drug-likeness (QED) is 0.854. The molecule has 0 bridgehead atoms. The van der Waals surface area contributed by atoms with E-state index in [1.807, 2.05) is 19.4 Å². The number of rotatable bonds is 3. The number of thiol groups is 1. The zero-order valence-corrected chi connectivity index (χ0v) is 13.5. The SMILES string of the molecule is Cn1cc(C2=Nc3cncn3[SH]2C(O)C2CCCCC2)cn1. The first-order chi connectivity index (χ1) is 10.7. The van der Waals surface area contributed by atoms with Gasteiger partial charge in [0.05, 0.1) is 12.4 Å². The molecule has 2 aromatic rings. The van der Waals surface area contributed by atoms with Crippen molar-refractivity contribution in [3.05, 3.63) is 30.5 Å². The lowest BCUT2D eigenvalue weighted by Crippen LogP contribution is -2.27. The lowest BCUT2D eigenvalue weighted by molar-refractivity contribution is 0.158. The molecule has 0 saturated heterocycles. The summed E-state index contributed by atoms with van der Waals surface area (Å²) < 4.78 is 3.85. The van der Waals surface area contributed by atoms with E-state index in [4.69, 9.17) is 4.99 Å². The van der Waals surface area contributed by atoms with Crippen LogP contribution in [-0.2, 0) is 7.05 Å². The summed E-state index contributed by atoms with van der Waals surface area (Å²) in [6.45, 7) is 0. The minimum Gasteiger partial charge on any atom is -0.382 e. The van der Waals surface area contributed by atoms with Crippen LogP contribution in [0.4, 0.5) is 5.82 Å². The molecule has 0 aromatic carbocycles. The maximum absolute atomic E-state index is 11.0. The van der Waals surface area contributed by atoms with E-state index in [-0.39, 0.29) is 5.44 Å². The highest BCUT2D eigenvalue weighted by Crippen LogP contribution is 2.50. The molecule has 7 heteroatoms. The van der Waals surface area contributed by atoms with Crippen molar-refractivity contribution in [3.8, 4) is 0 Å². The van der Waals surface area contributed by atoms with E-state index in [1.54, 1.807) is 17.2 Å². The Morgan fingerprint density at radius 2 is 2.09 bits per heavy atom. The zero-order valence-electron chi connectivity index (χ0n) is 12.6. The van der Waals surface area contributed by atoms with Crippen molar-refractivity contribution in [1.29, 1.82) is 0 Å². The van der Waals surface area contributed by atoms with Crippen molar-refractivity contribution in [1.82, 2.24) is 18.7 Å². The average Bonchev–Trinajstić information content (AvgIpc) is 3.22. The van der Waals surface area contributed by atoms with E-state index >= 15 is 0 Å². The third kappa shape index (κ3) is 2.28. The van der Waals surface area contributed by atoms with Crippen LogP contribution in [-0.4, -0.2) is 34.3 Å². The van der Waals surface area contributed by atoms with Gasteiger partial charge in [-0.05, 0) is 18.8 Å². The molecule has 1 aliphatic carbocycles. The molecule has 22 heavy (non-hydrogen) atoms. The first-order valence-corrected chi connectivity index (χ1v) is 9.18. The predicted molar refractivity (Wildman–Crippen MR) is 88.6 cm³/mol. The van der Waals surface area contributed by atoms with E-state index in [0.29, 0.717) is 5.92 Å². The molecule has 2 aliphatic rings. The minimum absolute atomic E-state index is 0.357. The van der Waals surface area contributed by atoms with Crippen LogP contribution in [0.1, 0.15) is 37.7 Å². The molecular weight excluding hydrogens is 298 g/mol. The summed E-state index contributed by atoms with van der Waals surface area (Å²) in [5.41, 5.74) is 0.650. The van der Waals surface area contributed by atoms with E-state index in [9.17, 15) is 5.11 Å². The van der Waals surface area contributed by atoms with Gasteiger partial charge in [-0.1, -0.05) is 30.3 Å². The largest absolute Gasteiger partial charge is 0.382 e. The van der Waals surface area contributed by atoms with Crippen LogP contribution in [0.25, 0.3) is 0 Å². The van der Waals surface area contributed by atoms with Crippen molar-refractivity contribution in [2.45, 2.75) is 37.5 Å². The van der Waals surface area contributed by atoms with Crippen molar-refractivity contribution >= 4 is 21.9 Å². The average molecular weight is 319 g/mol. The summed E-state index contributed by atoms with van der Waals surface area (Å²) in [5.74, 6) is 1.22. The van der Waals surface area contributed by atoms with Gasteiger partial charge in [0.15, 0.2) is 5.82 Å². The summed E-state index contributed by atoms with van der Waals surface area (Å²) in [7, 11) is 1.90. The van der Waals surface area contributed by atoms with Gasteiger partial charge in [-0.3, -0.25) is 8.65 Å². The first kappa shape index (κ1) is 14.0. The van der Waals surface area contributed by atoms with Crippen LogP contribution in [0.5, 0.6) is 0 Å². The number of hydrogen-bond donors (Lipinski definition) is 2. The molecule has 2 atom stereocenters. The highest BCUT2D eigenvalue weighted by molar-refractivity contribution is 8.29. The van der Waals surface area contributed by atoms with Crippen molar-refractivity contribution in [3.63, 3.8) is 0 Å². The summed E-state index contributed by atoms with van der Waals surface area (Å²) >= 11 is -0.928. The standard InChI is InChI=1S/C15H21N5OS/c1-19-9-12(7-17-19)14-18-13-8-16-10-20(13)22(14)15(21)11-5-3-2-4-6-11/h7-11,15,21-22H,2-6H2,1H3. The van der Waals surface area contributed by atoms with Crippen LogP contribution >= 0.6 is 11.1 Å². The summed E-state index contributed by atoms with van der Waals surface area (Å²) in [5, 5.41) is 16.3. The van der Waals surface area contributed by atoms with E-state index in [0.717, 1.165) is 29.3 Å². The zero-order chi connectivity index (χ0) is 15.1. The molecule has 6 nitrogen and oxygen atoms in total. The molecule has 2 aromatic heterocycles. The Kier molecular flexibility index (Phi) is 3.54. The van der Waals surface area contributed by atoms with Gasteiger partial charge in [-0.25, -0.2) is 9.98 Å². The van der Waals surface area contributed by atoms with Gasteiger partial charge in [0.25, 0.3) is 0 Å². The third-order valence-corrected chi connectivity index (χ3v) is 7.04. The van der Waals surface area contributed by atoms with Gasteiger partial charge in [0, 0.05) is 18.8 Å². The maximum atomic E-state index is 11.0. The summed E-state index contributed by atoms with van der Waals surface area (Å²) in [6.07, 6.45) is 13.4. The molecule has 1 fully saturated rings. The van der Waals surface area contributed by atoms with Crippen LogP contribution in [0.2, 0.25) is 0 Å². The molecule has 118 valence electrons. The number of aryl methyl sites for hydroxylation is 1. The Balaban J connectivity index is 1.69. The lowest BCUT2D eigenvalue weighted by Gasteiger charge is -2.33. The monoisotopic (exact) mass is 319 g/mol. The second-order valence-electron chi connectivity index (χ2n) is 6.09. The smallest absolute Gasteiger partial charge is 0.162 e. The number of aromatic nitrogens is 4. The Hall–Kier alpha value is -1.60. The second kappa shape index (κ2) is 5.55. The highest BCUT2D eigenvalue weighted by atomic mass is 32.2. The Labute approximate surface area is 132 Å². The Bertz CT molecular complexity index is 700. The molecule has 2 unspecified atom stereocenters.